The Morgan fingerprint density at radius 3 is 2.58 bits per heavy atom. The van der Waals surface area contributed by atoms with E-state index in [0.717, 1.165) is 5.69 Å². The van der Waals surface area contributed by atoms with Crippen LogP contribution in [0.15, 0.2) is 23.2 Å². The summed E-state index contributed by atoms with van der Waals surface area (Å²) in [5.74, 6) is 0.101. The number of aryl methyl sites for hydroxylation is 1. The van der Waals surface area contributed by atoms with Gasteiger partial charge in [-0.05, 0) is 19.1 Å². The molecule has 0 unspecified atom stereocenters. The molecule has 0 bridgehead atoms. The first-order valence-corrected chi connectivity index (χ1v) is 5.38. The summed E-state index contributed by atoms with van der Waals surface area (Å²) >= 11 is 0. The fourth-order valence-corrected chi connectivity index (χ4v) is 1.70. The monoisotopic (exact) mass is 185 g/mol. The average molecular weight is 185 g/mol. The molecule has 1 rings (SSSR count). The van der Waals surface area contributed by atoms with Gasteiger partial charge in [0.15, 0.2) is 14.9 Å². The first-order chi connectivity index (χ1) is 5.56. The Hall–Kier alpha value is -0.900. The van der Waals surface area contributed by atoms with Crippen LogP contribution < -0.4 is 0 Å². The van der Waals surface area contributed by atoms with Crippen molar-refractivity contribution in [3.8, 4) is 0 Å². The number of hydrogen-bond acceptors (Lipinski definition) is 3. The molecule has 1 aromatic heterocycles. The summed E-state index contributed by atoms with van der Waals surface area (Å²) < 4.78 is 22.6. The molecule has 0 amide bonds. The van der Waals surface area contributed by atoms with Crippen LogP contribution in [0.4, 0.5) is 0 Å². The Labute approximate surface area is 72.4 Å². The minimum Gasteiger partial charge on any atom is -0.242 e. The predicted octanol–water partition coefficient (Wildman–Crippen LogP) is 1.18. The Balaban J connectivity index is 3.21. The summed E-state index contributed by atoms with van der Waals surface area (Å²) in [4.78, 5) is 3.93. The van der Waals surface area contributed by atoms with Crippen LogP contribution in [-0.2, 0) is 9.84 Å². The second kappa shape index (κ2) is 3.23. The molecule has 0 saturated heterocycles. The molecule has 66 valence electrons. The lowest BCUT2D eigenvalue weighted by Gasteiger charge is -1.99. The second-order valence-corrected chi connectivity index (χ2v) is 4.75. The lowest BCUT2D eigenvalue weighted by molar-refractivity contribution is 0.593. The Kier molecular flexibility index (Phi) is 2.47. The maximum absolute atomic E-state index is 11.3. The molecule has 0 spiro atoms. The first-order valence-electron chi connectivity index (χ1n) is 3.72. The van der Waals surface area contributed by atoms with Crippen molar-refractivity contribution in [1.82, 2.24) is 4.98 Å². The lowest BCUT2D eigenvalue weighted by Crippen LogP contribution is -2.06. The lowest BCUT2D eigenvalue weighted by atomic mass is 10.4. The Bertz CT molecular complexity index is 370. The summed E-state index contributed by atoms with van der Waals surface area (Å²) in [6.07, 6.45) is 0. The largest absolute Gasteiger partial charge is 0.242 e. The highest BCUT2D eigenvalue weighted by Gasteiger charge is 2.11. The molecule has 12 heavy (non-hydrogen) atoms. The maximum atomic E-state index is 11.3. The normalized spacial score (nSPS) is 11.5. The van der Waals surface area contributed by atoms with Crippen molar-refractivity contribution in [3.05, 3.63) is 23.9 Å². The van der Waals surface area contributed by atoms with E-state index in [-0.39, 0.29) is 10.8 Å². The third-order valence-electron chi connectivity index (χ3n) is 1.56. The summed E-state index contributed by atoms with van der Waals surface area (Å²) in [5.41, 5.74) is 0.726. The van der Waals surface area contributed by atoms with Crippen molar-refractivity contribution >= 4 is 9.84 Å². The molecule has 3 nitrogen and oxygen atoms in total. The number of pyridine rings is 1. The molecule has 1 heterocycles. The van der Waals surface area contributed by atoms with Crippen molar-refractivity contribution in [2.75, 3.05) is 5.75 Å². The van der Waals surface area contributed by atoms with Gasteiger partial charge in [-0.3, -0.25) is 0 Å². The van der Waals surface area contributed by atoms with Gasteiger partial charge in [0.1, 0.15) is 0 Å². The fourth-order valence-electron chi connectivity index (χ4n) is 0.839. The quantitative estimate of drug-likeness (QED) is 0.695. The zero-order valence-electron chi connectivity index (χ0n) is 7.11. The number of aromatic nitrogens is 1. The van der Waals surface area contributed by atoms with Gasteiger partial charge >= 0.3 is 0 Å². The molecule has 0 aliphatic heterocycles. The summed E-state index contributed by atoms with van der Waals surface area (Å²) in [6, 6.07) is 4.99. The first kappa shape index (κ1) is 9.19. The van der Waals surface area contributed by atoms with E-state index >= 15 is 0 Å². The molecule has 0 N–H and O–H groups in total. The van der Waals surface area contributed by atoms with Crippen LogP contribution >= 0.6 is 0 Å². The third kappa shape index (κ3) is 1.82. The highest BCUT2D eigenvalue weighted by atomic mass is 32.2. The number of sulfone groups is 1. The van der Waals surface area contributed by atoms with Crippen LogP contribution in [0.3, 0.4) is 0 Å². The van der Waals surface area contributed by atoms with Crippen LogP contribution in [0.1, 0.15) is 12.6 Å². The summed E-state index contributed by atoms with van der Waals surface area (Å²) in [7, 11) is -3.13. The molecule has 4 heteroatoms. The molecule has 0 saturated carbocycles. The van der Waals surface area contributed by atoms with Crippen LogP contribution in [0.25, 0.3) is 0 Å². The van der Waals surface area contributed by atoms with Crippen molar-refractivity contribution < 1.29 is 8.42 Å². The van der Waals surface area contributed by atoms with Gasteiger partial charge in [0.2, 0.25) is 0 Å². The SMILES string of the molecule is CCS(=O)(=O)c1cccc(C)n1. The molecule has 0 aromatic carbocycles. The highest BCUT2D eigenvalue weighted by Crippen LogP contribution is 2.07. The average Bonchev–Trinajstić information content (AvgIpc) is 2.05. The third-order valence-corrected chi connectivity index (χ3v) is 3.19. The van der Waals surface area contributed by atoms with E-state index in [1.54, 1.807) is 26.0 Å². The Morgan fingerprint density at radius 2 is 2.08 bits per heavy atom. The maximum Gasteiger partial charge on any atom is 0.195 e. The van der Waals surface area contributed by atoms with E-state index in [4.69, 9.17) is 0 Å². The number of rotatable bonds is 2. The molecule has 0 atom stereocenters. The summed E-state index contributed by atoms with van der Waals surface area (Å²) in [5, 5.41) is 0.171. The van der Waals surface area contributed by atoms with Gasteiger partial charge in [-0.15, -0.1) is 0 Å². The molecule has 0 aliphatic rings. The molecule has 0 radical (unpaired) electrons. The van der Waals surface area contributed by atoms with Crippen LogP contribution in [-0.4, -0.2) is 19.2 Å². The van der Waals surface area contributed by atoms with E-state index in [1.807, 2.05) is 0 Å². The van der Waals surface area contributed by atoms with E-state index in [1.165, 1.54) is 6.07 Å². The van der Waals surface area contributed by atoms with Gasteiger partial charge in [0.25, 0.3) is 0 Å². The Morgan fingerprint density at radius 1 is 1.42 bits per heavy atom. The molecule has 0 aliphatic carbocycles. The van der Waals surface area contributed by atoms with E-state index in [2.05, 4.69) is 4.98 Å². The van der Waals surface area contributed by atoms with E-state index < -0.39 is 9.84 Å². The van der Waals surface area contributed by atoms with Crippen LogP contribution in [0.5, 0.6) is 0 Å². The summed E-state index contributed by atoms with van der Waals surface area (Å²) in [6.45, 7) is 3.38. The van der Waals surface area contributed by atoms with E-state index in [0.29, 0.717) is 0 Å². The van der Waals surface area contributed by atoms with Crippen molar-refractivity contribution in [1.29, 1.82) is 0 Å². The van der Waals surface area contributed by atoms with Crippen molar-refractivity contribution in [2.24, 2.45) is 0 Å². The standard InChI is InChI=1S/C8H11NO2S/c1-3-12(10,11)8-6-4-5-7(2)9-8/h4-6H,3H2,1-2H3. The minimum atomic E-state index is -3.13. The van der Waals surface area contributed by atoms with Crippen molar-refractivity contribution in [3.63, 3.8) is 0 Å². The molecule has 1 aromatic rings. The van der Waals surface area contributed by atoms with Gasteiger partial charge in [0, 0.05) is 5.69 Å². The zero-order valence-corrected chi connectivity index (χ0v) is 7.93. The molecule has 0 fully saturated rings. The highest BCUT2D eigenvalue weighted by molar-refractivity contribution is 7.91. The van der Waals surface area contributed by atoms with Gasteiger partial charge in [-0.1, -0.05) is 13.0 Å². The van der Waals surface area contributed by atoms with Gasteiger partial charge in [-0.25, -0.2) is 13.4 Å². The minimum absolute atomic E-state index is 0.101. The number of nitrogens with zero attached hydrogens (tertiary/aromatic N) is 1. The van der Waals surface area contributed by atoms with Crippen molar-refractivity contribution in [2.45, 2.75) is 18.9 Å². The van der Waals surface area contributed by atoms with Gasteiger partial charge in [-0.2, -0.15) is 0 Å². The van der Waals surface area contributed by atoms with Crippen LogP contribution in [0.2, 0.25) is 0 Å². The molecular formula is C8H11NO2S. The molecular weight excluding hydrogens is 174 g/mol. The van der Waals surface area contributed by atoms with E-state index in [9.17, 15) is 8.42 Å². The number of hydrogen-bond donors (Lipinski definition) is 0. The zero-order chi connectivity index (χ0) is 9.19. The van der Waals surface area contributed by atoms with Gasteiger partial charge in [0.05, 0.1) is 5.75 Å². The fraction of sp³-hybridized carbons (Fsp3) is 0.375. The van der Waals surface area contributed by atoms with Gasteiger partial charge < -0.3 is 0 Å². The second-order valence-electron chi connectivity index (χ2n) is 2.52. The topological polar surface area (TPSA) is 47.0 Å². The smallest absolute Gasteiger partial charge is 0.195 e. The predicted molar refractivity (Wildman–Crippen MR) is 46.7 cm³/mol. The van der Waals surface area contributed by atoms with Crippen LogP contribution in [0, 0.1) is 6.92 Å².